The van der Waals surface area contributed by atoms with E-state index < -0.39 is 0 Å². The van der Waals surface area contributed by atoms with Crippen LogP contribution in [0.5, 0.6) is 0 Å². The van der Waals surface area contributed by atoms with Crippen molar-refractivity contribution in [1.82, 2.24) is 9.13 Å². The fourth-order valence-electron chi connectivity index (χ4n) is 12.7. The monoisotopic (exact) mass is 972 g/mol. The molecule has 4 aromatic heterocycles. The highest BCUT2D eigenvalue weighted by Gasteiger charge is 2.25. The average Bonchev–Trinajstić information content (AvgIpc) is 4.24. The molecular formula is C70H40N2S2. The summed E-state index contributed by atoms with van der Waals surface area (Å²) in [6, 6.07) is 90.8. The minimum absolute atomic E-state index is 1.17. The molecule has 0 radical (unpaired) electrons. The van der Waals surface area contributed by atoms with E-state index in [1.807, 2.05) is 22.7 Å². The molecule has 0 bridgehead atoms. The Balaban J connectivity index is 0.866. The Hall–Kier alpha value is -9.06. The van der Waals surface area contributed by atoms with E-state index >= 15 is 0 Å². The summed E-state index contributed by atoms with van der Waals surface area (Å²) in [6.45, 7) is 0. The molecule has 0 amide bonds. The minimum Gasteiger partial charge on any atom is -0.308 e. The molecule has 0 unspecified atom stereocenters. The highest BCUT2D eigenvalue weighted by Crippen LogP contribution is 2.51. The molecule has 4 heteroatoms. The Labute approximate surface area is 432 Å². The van der Waals surface area contributed by atoms with Crippen LogP contribution in [0.3, 0.4) is 0 Å². The first-order valence-corrected chi connectivity index (χ1v) is 27.0. The summed E-state index contributed by atoms with van der Waals surface area (Å²) >= 11 is 3.83. The molecule has 17 aromatic rings. The smallest absolute Gasteiger partial charge is 0.0726 e. The molecule has 0 fully saturated rings. The molecule has 0 atom stereocenters. The quantitative estimate of drug-likeness (QED) is 0.166. The van der Waals surface area contributed by atoms with Crippen molar-refractivity contribution in [2.45, 2.75) is 0 Å². The van der Waals surface area contributed by atoms with Crippen molar-refractivity contribution < 1.29 is 0 Å². The molecule has 342 valence electrons. The summed E-state index contributed by atoms with van der Waals surface area (Å²) in [6.07, 6.45) is 0. The van der Waals surface area contributed by atoms with E-state index in [0.717, 1.165) is 0 Å². The minimum atomic E-state index is 1.17. The number of nitrogens with zero attached hydrogens (tertiary/aromatic N) is 2. The second-order valence-corrected chi connectivity index (χ2v) is 22.0. The number of rotatable bonds is 4. The van der Waals surface area contributed by atoms with Gasteiger partial charge in [0.15, 0.2) is 0 Å². The van der Waals surface area contributed by atoms with E-state index in [2.05, 4.69) is 252 Å². The van der Waals surface area contributed by atoms with Gasteiger partial charge in [0.1, 0.15) is 0 Å². The van der Waals surface area contributed by atoms with Gasteiger partial charge >= 0.3 is 0 Å². The molecular weight excluding hydrogens is 933 g/mol. The third kappa shape index (κ3) is 5.64. The molecule has 0 aliphatic carbocycles. The molecule has 74 heavy (non-hydrogen) atoms. The fourth-order valence-corrected chi connectivity index (χ4v) is 15.3. The van der Waals surface area contributed by atoms with Gasteiger partial charge in [0.2, 0.25) is 0 Å². The standard InChI is InChI=1S/C70H40N2S2/c1-3-15-45-37-49(33-29-41(45)13-1)71-59-35-31-47(39-57(59)63-51-17-5-7-19-53(51)65-55-21-9-11-23-61(55)73-69(65)67(63)71)43-25-27-44(28-26-43)48-32-36-60-58(40-48)64-52-18-6-8-20-54(52)66-56-22-10-12-24-62(56)74-70(66)68(64)72(60)50-34-30-42-14-2-4-16-46(42)38-50/h1-40H. The molecule has 0 spiro atoms. The van der Waals surface area contributed by atoms with E-state index in [-0.39, 0.29) is 0 Å². The van der Waals surface area contributed by atoms with Crippen LogP contribution >= 0.6 is 22.7 Å². The fraction of sp³-hybridized carbons (Fsp3) is 0. The first kappa shape index (κ1) is 40.5. The summed E-state index contributed by atoms with van der Waals surface area (Å²) < 4.78 is 10.4. The molecule has 0 saturated heterocycles. The lowest BCUT2D eigenvalue weighted by atomic mass is 9.95. The van der Waals surface area contributed by atoms with E-state index in [9.17, 15) is 0 Å². The van der Waals surface area contributed by atoms with Crippen LogP contribution in [0.1, 0.15) is 0 Å². The topological polar surface area (TPSA) is 9.86 Å². The predicted octanol–water partition coefficient (Wildman–Crippen LogP) is 20.6. The number of hydrogen-bond acceptors (Lipinski definition) is 2. The average molecular weight is 973 g/mol. The van der Waals surface area contributed by atoms with Crippen LogP contribution in [-0.4, -0.2) is 9.13 Å². The number of aromatic nitrogens is 2. The Morgan fingerprint density at radius 1 is 0.243 bits per heavy atom. The lowest BCUT2D eigenvalue weighted by Gasteiger charge is -2.11. The maximum atomic E-state index is 2.54. The summed E-state index contributed by atoms with van der Waals surface area (Å²) in [5, 5.41) is 20.6. The first-order valence-electron chi connectivity index (χ1n) is 25.4. The van der Waals surface area contributed by atoms with Crippen molar-refractivity contribution in [3.8, 4) is 33.6 Å². The van der Waals surface area contributed by atoms with Crippen LogP contribution in [0, 0.1) is 0 Å². The Morgan fingerprint density at radius 2 is 0.595 bits per heavy atom. The summed E-state index contributed by atoms with van der Waals surface area (Å²) in [5.41, 5.74) is 12.1. The van der Waals surface area contributed by atoms with Crippen molar-refractivity contribution in [3.63, 3.8) is 0 Å². The summed E-state index contributed by atoms with van der Waals surface area (Å²) in [4.78, 5) is 0. The van der Waals surface area contributed by atoms with Crippen molar-refractivity contribution in [2.24, 2.45) is 0 Å². The molecule has 0 saturated carbocycles. The van der Waals surface area contributed by atoms with E-state index in [1.165, 1.54) is 161 Å². The van der Waals surface area contributed by atoms with Gasteiger partial charge in [-0.3, -0.25) is 0 Å². The zero-order valence-electron chi connectivity index (χ0n) is 39.8. The number of thiophene rings is 2. The maximum Gasteiger partial charge on any atom is 0.0726 e. The first-order chi connectivity index (χ1) is 36.7. The lowest BCUT2D eigenvalue weighted by molar-refractivity contribution is 1.19. The second kappa shape index (κ2) is 15.2. The predicted molar refractivity (Wildman–Crippen MR) is 322 cm³/mol. The Kier molecular flexibility index (Phi) is 8.34. The van der Waals surface area contributed by atoms with Gasteiger partial charge in [0.25, 0.3) is 0 Å². The lowest BCUT2D eigenvalue weighted by Crippen LogP contribution is -1.94. The van der Waals surface area contributed by atoms with Crippen LogP contribution in [0.2, 0.25) is 0 Å². The van der Waals surface area contributed by atoms with Crippen LogP contribution < -0.4 is 0 Å². The summed E-state index contributed by atoms with van der Waals surface area (Å²) in [7, 11) is 0. The molecule has 4 heterocycles. The third-order valence-electron chi connectivity index (χ3n) is 16.0. The van der Waals surface area contributed by atoms with Gasteiger partial charge in [-0.2, -0.15) is 0 Å². The van der Waals surface area contributed by atoms with Gasteiger partial charge in [-0.05, 0) is 126 Å². The SMILES string of the molecule is c1ccc2cc(-n3c4ccc(-c5ccc(-c6ccc7c(c6)c6c8ccccc8c8c9ccccc9sc8c6n7-c6ccc7ccccc7c6)cc5)cc4c4c5ccccc5c5c6ccccc6sc5c43)ccc2c1. The van der Waals surface area contributed by atoms with Gasteiger partial charge in [0, 0.05) is 63.9 Å². The van der Waals surface area contributed by atoms with Gasteiger partial charge in [-0.1, -0.05) is 182 Å². The van der Waals surface area contributed by atoms with Crippen LogP contribution in [0.4, 0.5) is 0 Å². The number of fused-ring (bicyclic) bond motifs is 22. The van der Waals surface area contributed by atoms with E-state index in [1.54, 1.807) is 0 Å². The van der Waals surface area contributed by atoms with Crippen LogP contribution in [0.15, 0.2) is 243 Å². The zero-order chi connectivity index (χ0) is 48.2. The molecule has 17 rings (SSSR count). The van der Waals surface area contributed by atoms with Gasteiger partial charge < -0.3 is 9.13 Å². The van der Waals surface area contributed by atoms with Gasteiger partial charge in [-0.25, -0.2) is 0 Å². The third-order valence-corrected chi connectivity index (χ3v) is 18.4. The number of benzene rings is 13. The van der Waals surface area contributed by atoms with Gasteiger partial charge in [-0.15, -0.1) is 22.7 Å². The maximum absolute atomic E-state index is 2.54. The molecule has 13 aromatic carbocycles. The molecule has 0 aliphatic heterocycles. The van der Waals surface area contributed by atoms with E-state index in [0.29, 0.717) is 0 Å². The highest BCUT2D eigenvalue weighted by atomic mass is 32.1. The Morgan fingerprint density at radius 3 is 1.03 bits per heavy atom. The highest BCUT2D eigenvalue weighted by molar-refractivity contribution is 7.27. The largest absolute Gasteiger partial charge is 0.308 e. The second-order valence-electron chi connectivity index (χ2n) is 19.9. The molecule has 0 aliphatic rings. The van der Waals surface area contributed by atoms with Gasteiger partial charge in [0.05, 0.1) is 31.5 Å². The van der Waals surface area contributed by atoms with Crippen molar-refractivity contribution in [2.75, 3.05) is 0 Å². The number of hydrogen-bond donors (Lipinski definition) is 0. The zero-order valence-corrected chi connectivity index (χ0v) is 41.4. The van der Waals surface area contributed by atoms with Crippen LogP contribution in [0.25, 0.3) is 161 Å². The van der Waals surface area contributed by atoms with Crippen molar-refractivity contribution >= 4 is 150 Å². The van der Waals surface area contributed by atoms with Crippen LogP contribution in [-0.2, 0) is 0 Å². The normalized spacial score (nSPS) is 12.3. The van der Waals surface area contributed by atoms with E-state index in [4.69, 9.17) is 0 Å². The van der Waals surface area contributed by atoms with Crippen molar-refractivity contribution in [1.29, 1.82) is 0 Å². The van der Waals surface area contributed by atoms with Crippen molar-refractivity contribution in [3.05, 3.63) is 243 Å². The molecule has 2 nitrogen and oxygen atoms in total. The Bertz CT molecular complexity index is 4930. The molecule has 0 N–H and O–H groups in total. The summed E-state index contributed by atoms with van der Waals surface area (Å²) in [5.74, 6) is 0.